The fourth-order valence-electron chi connectivity index (χ4n) is 1.77. The molecule has 0 bridgehead atoms. The first-order valence-electron chi connectivity index (χ1n) is 6.30. The molecule has 0 saturated carbocycles. The van der Waals surface area contributed by atoms with Gasteiger partial charge in [0.25, 0.3) is 0 Å². The monoisotopic (exact) mass is 343 g/mol. The highest BCUT2D eigenvalue weighted by Crippen LogP contribution is 2.25. The molecule has 7 heteroatoms. The number of unbranched alkanes of at least 4 members (excludes halogenated alkanes) is 1. The summed E-state index contributed by atoms with van der Waals surface area (Å²) in [6.07, 6.45) is 1.85. The van der Waals surface area contributed by atoms with Crippen molar-refractivity contribution in [3.05, 3.63) is 40.6 Å². The van der Waals surface area contributed by atoms with Crippen molar-refractivity contribution in [3.63, 3.8) is 0 Å². The lowest BCUT2D eigenvalue weighted by molar-refractivity contribution is 0.176. The Kier molecular flexibility index (Phi) is 5.49. The van der Waals surface area contributed by atoms with E-state index in [1.54, 1.807) is 12.1 Å². The zero-order valence-electron chi connectivity index (χ0n) is 10.7. The molecule has 1 heterocycles. The van der Waals surface area contributed by atoms with Gasteiger partial charge in [-0.2, -0.15) is 0 Å². The zero-order valence-corrected chi connectivity index (χ0v) is 12.3. The topological polar surface area (TPSA) is 71.0 Å². The van der Waals surface area contributed by atoms with Gasteiger partial charge in [0.15, 0.2) is 11.9 Å². The Morgan fingerprint density at radius 2 is 2.05 bits per heavy atom. The fraction of sp³-hybridized carbons (Fsp3) is 0.385. The summed E-state index contributed by atoms with van der Waals surface area (Å²) < 4.78 is 19.2. The summed E-state index contributed by atoms with van der Waals surface area (Å²) in [7, 11) is 0. The Bertz CT molecular complexity index is 533. The molecule has 1 atom stereocenters. The van der Waals surface area contributed by atoms with Gasteiger partial charge in [0.05, 0.1) is 0 Å². The molecule has 5 nitrogen and oxygen atoms in total. The number of H-pyrrole nitrogens is 1. The van der Waals surface area contributed by atoms with Crippen LogP contribution < -0.4 is 4.74 Å². The number of aromatic nitrogens is 3. The zero-order chi connectivity index (χ0) is 14.4. The van der Waals surface area contributed by atoms with Crippen LogP contribution >= 0.6 is 15.9 Å². The summed E-state index contributed by atoms with van der Waals surface area (Å²) in [5, 5.41) is 15.6. The summed E-state index contributed by atoms with van der Waals surface area (Å²) in [5.41, 5.74) is 0. The molecule has 2 aromatic rings. The first-order valence-corrected chi connectivity index (χ1v) is 7.09. The Balaban J connectivity index is 2.07. The number of aromatic amines is 1. The normalized spacial score (nSPS) is 12.3. The molecule has 0 aliphatic rings. The van der Waals surface area contributed by atoms with Gasteiger partial charge >= 0.3 is 0 Å². The molecule has 0 fully saturated rings. The third-order valence-electron chi connectivity index (χ3n) is 2.75. The third-order valence-corrected chi connectivity index (χ3v) is 3.10. The molecule has 0 saturated heterocycles. The van der Waals surface area contributed by atoms with Gasteiger partial charge in [0.2, 0.25) is 4.73 Å². The molecule has 20 heavy (non-hydrogen) atoms. The first-order chi connectivity index (χ1) is 9.69. The van der Waals surface area contributed by atoms with E-state index in [1.165, 1.54) is 12.1 Å². The van der Waals surface area contributed by atoms with Gasteiger partial charge in [-0.1, -0.05) is 0 Å². The molecule has 1 unspecified atom stereocenters. The lowest BCUT2D eigenvalue weighted by Gasteiger charge is -2.16. The second-order valence-corrected chi connectivity index (χ2v) is 4.98. The molecule has 0 radical (unpaired) electrons. The SMILES string of the molecule is OCCCCC(Oc1ccc(F)cc1)c1nc(Br)n[nH]1. The molecule has 2 rings (SSSR count). The average Bonchev–Trinajstić information content (AvgIpc) is 2.87. The number of hydrogen-bond acceptors (Lipinski definition) is 4. The van der Waals surface area contributed by atoms with Gasteiger partial charge in [-0.15, -0.1) is 5.10 Å². The van der Waals surface area contributed by atoms with Crippen LogP contribution in [0.4, 0.5) is 4.39 Å². The number of ether oxygens (including phenoxy) is 1. The van der Waals surface area contributed by atoms with Gasteiger partial charge in [-0.3, -0.25) is 5.10 Å². The highest BCUT2D eigenvalue weighted by atomic mass is 79.9. The lowest BCUT2D eigenvalue weighted by atomic mass is 10.1. The molecule has 0 aliphatic heterocycles. The summed E-state index contributed by atoms with van der Waals surface area (Å²) in [5.74, 6) is 0.851. The number of benzene rings is 1. The molecule has 2 N–H and O–H groups in total. The number of rotatable bonds is 7. The average molecular weight is 344 g/mol. The predicted octanol–water partition coefficient (Wildman–Crippen LogP) is 2.99. The van der Waals surface area contributed by atoms with Crippen LogP contribution in [-0.2, 0) is 0 Å². The fourth-order valence-corrected chi connectivity index (χ4v) is 2.05. The van der Waals surface area contributed by atoms with Crippen molar-refractivity contribution in [2.24, 2.45) is 0 Å². The summed E-state index contributed by atoms with van der Waals surface area (Å²) in [6, 6.07) is 5.83. The van der Waals surface area contributed by atoms with Crippen LogP contribution in [-0.4, -0.2) is 26.9 Å². The van der Waals surface area contributed by atoms with Crippen molar-refractivity contribution < 1.29 is 14.2 Å². The van der Waals surface area contributed by atoms with Crippen molar-refractivity contribution in [1.29, 1.82) is 0 Å². The second kappa shape index (κ2) is 7.35. The molecule has 0 amide bonds. The van der Waals surface area contributed by atoms with E-state index in [0.29, 0.717) is 29.1 Å². The van der Waals surface area contributed by atoms with Gasteiger partial charge in [-0.05, 0) is 59.5 Å². The number of nitrogens with one attached hydrogen (secondary N) is 1. The first kappa shape index (κ1) is 14.9. The van der Waals surface area contributed by atoms with E-state index < -0.39 is 0 Å². The van der Waals surface area contributed by atoms with Gasteiger partial charge in [-0.25, -0.2) is 9.37 Å². The Labute approximate surface area is 124 Å². The molecular formula is C13H15BrFN3O2. The number of nitrogens with zero attached hydrogens (tertiary/aromatic N) is 2. The molecule has 1 aromatic heterocycles. The smallest absolute Gasteiger partial charge is 0.217 e. The highest BCUT2D eigenvalue weighted by Gasteiger charge is 2.17. The number of aliphatic hydroxyl groups is 1. The van der Waals surface area contributed by atoms with Crippen molar-refractivity contribution >= 4 is 15.9 Å². The molecule has 0 aliphatic carbocycles. The quantitative estimate of drug-likeness (QED) is 0.758. The molecule has 1 aromatic carbocycles. The lowest BCUT2D eigenvalue weighted by Crippen LogP contribution is -2.10. The predicted molar refractivity (Wildman–Crippen MR) is 74.8 cm³/mol. The Morgan fingerprint density at radius 3 is 2.65 bits per heavy atom. The van der Waals surface area contributed by atoms with Crippen molar-refractivity contribution in [2.75, 3.05) is 6.61 Å². The molecule has 108 valence electrons. The van der Waals surface area contributed by atoms with E-state index in [2.05, 4.69) is 31.1 Å². The van der Waals surface area contributed by atoms with Crippen LogP contribution in [0.25, 0.3) is 0 Å². The van der Waals surface area contributed by atoms with E-state index in [9.17, 15) is 4.39 Å². The number of aliphatic hydroxyl groups excluding tert-OH is 1. The van der Waals surface area contributed by atoms with Gasteiger partial charge in [0, 0.05) is 6.61 Å². The second-order valence-electron chi connectivity index (χ2n) is 4.27. The van der Waals surface area contributed by atoms with Crippen LogP contribution in [0.3, 0.4) is 0 Å². The van der Waals surface area contributed by atoms with Crippen LogP contribution in [0.15, 0.2) is 29.0 Å². The summed E-state index contributed by atoms with van der Waals surface area (Å²) in [6.45, 7) is 0.142. The molecular weight excluding hydrogens is 329 g/mol. The highest BCUT2D eigenvalue weighted by molar-refractivity contribution is 9.10. The van der Waals surface area contributed by atoms with E-state index in [0.717, 1.165) is 6.42 Å². The maximum atomic E-state index is 12.9. The number of hydrogen-bond donors (Lipinski definition) is 2. The van der Waals surface area contributed by atoms with Gasteiger partial charge in [0.1, 0.15) is 11.6 Å². The van der Waals surface area contributed by atoms with E-state index in [4.69, 9.17) is 9.84 Å². The summed E-state index contributed by atoms with van der Waals surface area (Å²) >= 11 is 3.18. The minimum absolute atomic E-state index is 0.142. The van der Waals surface area contributed by atoms with E-state index in [-0.39, 0.29) is 18.5 Å². The third kappa shape index (κ3) is 4.28. The van der Waals surface area contributed by atoms with Crippen molar-refractivity contribution in [1.82, 2.24) is 15.2 Å². The van der Waals surface area contributed by atoms with E-state index >= 15 is 0 Å². The maximum Gasteiger partial charge on any atom is 0.217 e. The Hall–Kier alpha value is -1.47. The van der Waals surface area contributed by atoms with Crippen LogP contribution in [0, 0.1) is 5.82 Å². The minimum atomic E-state index is -0.314. The molecule has 0 spiro atoms. The number of halogens is 2. The largest absolute Gasteiger partial charge is 0.482 e. The standard InChI is InChI=1S/C13H15BrFN3O2/c14-13-16-12(17-18-13)11(3-1-2-8-19)20-10-6-4-9(15)5-7-10/h4-7,11,19H,1-3,8H2,(H,16,17,18). The van der Waals surface area contributed by atoms with Crippen LogP contribution in [0.5, 0.6) is 5.75 Å². The summed E-state index contributed by atoms with van der Waals surface area (Å²) in [4.78, 5) is 4.19. The van der Waals surface area contributed by atoms with Crippen LogP contribution in [0.2, 0.25) is 0 Å². The Morgan fingerprint density at radius 1 is 1.30 bits per heavy atom. The van der Waals surface area contributed by atoms with E-state index in [1.807, 2.05) is 0 Å². The maximum absolute atomic E-state index is 12.9. The van der Waals surface area contributed by atoms with Gasteiger partial charge < -0.3 is 9.84 Å². The minimum Gasteiger partial charge on any atom is -0.482 e. The van der Waals surface area contributed by atoms with Crippen molar-refractivity contribution in [3.8, 4) is 5.75 Å². The van der Waals surface area contributed by atoms with Crippen molar-refractivity contribution in [2.45, 2.75) is 25.4 Å². The van der Waals surface area contributed by atoms with Crippen LogP contribution in [0.1, 0.15) is 31.2 Å².